The second-order valence-electron chi connectivity index (χ2n) is 18.3. The van der Waals surface area contributed by atoms with Gasteiger partial charge in [0.1, 0.15) is 24.7 Å². The van der Waals surface area contributed by atoms with E-state index in [4.69, 9.17) is 51.4 Å². The average Bonchev–Trinajstić information content (AvgIpc) is 3.37. The highest BCUT2D eigenvalue weighted by atomic mass is 35.5. The molecular weight excluding hydrogens is 1130 g/mol. The Morgan fingerprint density at radius 2 is 1.19 bits per heavy atom. The number of nitrogens with zero attached hydrogens (tertiary/aromatic N) is 7. The summed E-state index contributed by atoms with van der Waals surface area (Å²) in [7, 11) is 0. The summed E-state index contributed by atoms with van der Waals surface area (Å²) in [6.45, 7) is 4.18. The predicted molar refractivity (Wildman–Crippen MR) is 280 cm³/mol. The lowest BCUT2D eigenvalue weighted by atomic mass is 9.88. The summed E-state index contributed by atoms with van der Waals surface area (Å²) in [6.07, 6.45) is -2.52. The number of benzene rings is 2. The number of alkyl halides is 6. The average molecular weight is 1190 g/mol. The van der Waals surface area contributed by atoms with Crippen LogP contribution in [0.5, 0.6) is 0 Å². The Bertz CT molecular complexity index is 2700. The molecular formula is C49H61Cl3F8N12O7. The number of amides is 2. The molecule has 0 saturated carbocycles. The zero-order valence-electron chi connectivity index (χ0n) is 41.6. The number of nitrogen functional groups attached to an aromatic ring is 2. The van der Waals surface area contributed by atoms with Crippen molar-refractivity contribution < 1.29 is 69.6 Å². The number of carbonyl (C=O) groups is 4. The van der Waals surface area contributed by atoms with Gasteiger partial charge in [-0.2, -0.15) is 35.1 Å². The Morgan fingerprint density at radius 1 is 0.709 bits per heavy atom. The number of hydrogen-bond acceptors (Lipinski definition) is 15. The minimum atomic E-state index is -4.62. The number of rotatable bonds is 11. The van der Waals surface area contributed by atoms with E-state index in [1.807, 2.05) is 0 Å². The second kappa shape index (κ2) is 29.3. The van der Waals surface area contributed by atoms with Gasteiger partial charge in [0, 0.05) is 60.8 Å². The molecule has 436 valence electrons. The summed E-state index contributed by atoms with van der Waals surface area (Å²) >= 11 is 16.9. The van der Waals surface area contributed by atoms with Crippen molar-refractivity contribution in [1.82, 2.24) is 35.1 Å². The summed E-state index contributed by atoms with van der Waals surface area (Å²) in [6, 6.07) is 3.09. The zero-order chi connectivity index (χ0) is 57.6. The summed E-state index contributed by atoms with van der Waals surface area (Å²) in [5.74, 6) is -6.67. The van der Waals surface area contributed by atoms with E-state index in [1.165, 1.54) is 21.9 Å². The maximum atomic E-state index is 14.6. The molecule has 6 heterocycles. The Morgan fingerprint density at radius 3 is 1.63 bits per heavy atom. The minimum absolute atomic E-state index is 0. The molecule has 0 bridgehead atoms. The van der Waals surface area contributed by atoms with Crippen LogP contribution in [0.4, 0.5) is 64.0 Å². The van der Waals surface area contributed by atoms with Crippen molar-refractivity contribution in [3.05, 3.63) is 87.0 Å². The van der Waals surface area contributed by atoms with Gasteiger partial charge in [-0.15, -0.1) is 0 Å². The first-order valence-electron chi connectivity index (χ1n) is 24.3. The molecule has 30 heteroatoms. The first-order chi connectivity index (χ1) is 36.7. The Balaban J connectivity index is 0.000000275. The molecule has 8 rings (SSSR count). The van der Waals surface area contributed by atoms with Crippen molar-refractivity contribution >= 4 is 87.4 Å². The van der Waals surface area contributed by atoms with Crippen LogP contribution in [0.3, 0.4) is 0 Å². The molecule has 79 heavy (non-hydrogen) atoms. The lowest BCUT2D eigenvalue weighted by Gasteiger charge is -2.45. The van der Waals surface area contributed by atoms with Gasteiger partial charge < -0.3 is 57.4 Å². The van der Waals surface area contributed by atoms with Crippen molar-refractivity contribution in [1.29, 1.82) is 0 Å². The van der Waals surface area contributed by atoms with Crippen molar-refractivity contribution in [3.63, 3.8) is 0 Å². The van der Waals surface area contributed by atoms with Crippen LogP contribution in [0.15, 0.2) is 49.1 Å². The zero-order valence-corrected chi connectivity index (χ0v) is 43.9. The molecule has 4 saturated heterocycles. The molecule has 2 aromatic carbocycles. The van der Waals surface area contributed by atoms with Crippen molar-refractivity contribution in [2.24, 2.45) is 11.8 Å². The van der Waals surface area contributed by atoms with Gasteiger partial charge in [0.2, 0.25) is 23.4 Å². The topological polar surface area (TPSA) is 278 Å². The molecule has 19 nitrogen and oxygen atoms in total. The van der Waals surface area contributed by atoms with Crippen molar-refractivity contribution in [3.8, 4) is 0 Å². The summed E-state index contributed by atoms with van der Waals surface area (Å²) < 4.78 is 105. The number of likely N-dealkylation sites (tertiary alicyclic amines) is 2. The van der Waals surface area contributed by atoms with Gasteiger partial charge in [-0.3, -0.25) is 19.2 Å². The number of anilines is 5. The molecule has 0 radical (unpaired) electrons. The Labute approximate surface area is 464 Å². The third-order valence-corrected chi connectivity index (χ3v) is 13.6. The molecule has 6 atom stereocenters. The fourth-order valence-electron chi connectivity index (χ4n) is 9.10. The molecule has 0 aliphatic carbocycles. The van der Waals surface area contributed by atoms with Crippen molar-refractivity contribution in [2.45, 2.75) is 102 Å². The Hall–Kier alpha value is -6.29. The molecule has 4 fully saturated rings. The van der Waals surface area contributed by atoms with Gasteiger partial charge in [-0.1, -0.05) is 55.6 Å². The maximum Gasteiger partial charge on any atom is 0.416 e. The van der Waals surface area contributed by atoms with Gasteiger partial charge in [-0.05, 0) is 87.9 Å². The number of carboxylic acid groups (broad SMARTS) is 2. The van der Waals surface area contributed by atoms with E-state index in [2.05, 4.69) is 42.8 Å². The molecule has 4 aliphatic heterocycles. The standard InChI is InChI=1S/C22H23ClF4N6O3.C18H21ClF3N3O3.C4H3ClFN3.C4H10O.CH4/c23-12-6-11(22(25,26)27)7-13(8-12)31-15-2-1-4-33(20(15)34)16-9-32(5-3-14(16)21(35)36)19-17(24)18(28)29-10-30-19;19-11-6-10(18(20,21)22)7-12(8-11)24-14-2-1-5-25(16(14)26)15-9-23-4-3-13(15)17(27)28;5-3-2(6)4(7)9-1-8-3;1-2-3-4-5;/h6-8,10,14-16,31H,1-5,9H2,(H,35,36)(H2,28,29,30);6-8,13-15,23-24H,1-5,9H2,(H,27,28);1H,(H2,7,8,9);5H,2-4H2,1H3;1H4/t14-,15+,16-;13-,14+,15-;;;/m00.../s1. The van der Waals surface area contributed by atoms with E-state index < -0.39 is 89.0 Å². The highest BCUT2D eigenvalue weighted by Crippen LogP contribution is 2.37. The van der Waals surface area contributed by atoms with E-state index >= 15 is 0 Å². The molecule has 10 N–H and O–H groups in total. The number of halogens is 11. The van der Waals surface area contributed by atoms with Crippen LogP contribution in [0.25, 0.3) is 0 Å². The summed E-state index contributed by atoms with van der Waals surface area (Å²) in [4.78, 5) is 68.6. The number of carbonyl (C=O) groups excluding carboxylic acids is 2. The van der Waals surface area contributed by atoms with Gasteiger partial charge in [0.15, 0.2) is 22.6 Å². The molecule has 4 aromatic rings. The first-order valence-corrected chi connectivity index (χ1v) is 25.5. The Kier molecular flexibility index (Phi) is 24.2. The number of aromatic nitrogens is 4. The number of aliphatic carboxylic acids is 2. The number of aliphatic hydroxyl groups excluding tert-OH is 1. The van der Waals surface area contributed by atoms with Crippen LogP contribution in [0.1, 0.15) is 76.8 Å². The lowest BCUT2D eigenvalue weighted by molar-refractivity contribution is -0.150. The summed E-state index contributed by atoms with van der Waals surface area (Å²) in [5, 5.41) is 35.6. The highest BCUT2D eigenvalue weighted by molar-refractivity contribution is 6.31. The van der Waals surface area contributed by atoms with E-state index in [0.717, 1.165) is 49.8 Å². The molecule has 4 aliphatic rings. The molecule has 2 amide bonds. The number of nitrogens with one attached hydrogen (secondary N) is 3. The number of nitrogens with two attached hydrogens (primary N) is 2. The molecule has 2 aromatic heterocycles. The predicted octanol–water partition coefficient (Wildman–Crippen LogP) is 8.34. The van der Waals surface area contributed by atoms with E-state index in [0.29, 0.717) is 58.3 Å². The number of piperidine rings is 4. The fraction of sp³-hybridized carbons (Fsp3) is 0.510. The lowest BCUT2D eigenvalue weighted by Crippen LogP contribution is -2.61. The van der Waals surface area contributed by atoms with Crippen LogP contribution in [0.2, 0.25) is 15.2 Å². The highest BCUT2D eigenvalue weighted by Gasteiger charge is 2.44. The quantitative estimate of drug-likeness (QED) is 0.0517. The third-order valence-electron chi connectivity index (χ3n) is 12.9. The van der Waals surface area contributed by atoms with Gasteiger partial charge >= 0.3 is 24.3 Å². The monoisotopic (exact) mass is 1190 g/mol. The van der Waals surface area contributed by atoms with E-state index in [1.54, 1.807) is 4.90 Å². The number of aliphatic hydroxyl groups is 1. The van der Waals surface area contributed by atoms with Crippen molar-refractivity contribution in [2.75, 3.05) is 72.9 Å². The molecule has 0 spiro atoms. The van der Waals surface area contributed by atoms with Crippen LogP contribution < -0.4 is 32.3 Å². The fourth-order valence-corrected chi connectivity index (χ4v) is 9.71. The summed E-state index contributed by atoms with van der Waals surface area (Å²) in [5.41, 5.74) is 8.82. The first kappa shape index (κ1) is 65.2. The van der Waals surface area contributed by atoms with Crippen LogP contribution >= 0.6 is 34.8 Å². The van der Waals surface area contributed by atoms with Gasteiger partial charge in [-0.25, -0.2) is 19.9 Å². The smallest absolute Gasteiger partial charge is 0.416 e. The largest absolute Gasteiger partial charge is 0.481 e. The number of hydrogen-bond donors (Lipinski definition) is 8. The second-order valence-corrected chi connectivity index (χ2v) is 19.5. The third kappa shape index (κ3) is 17.9. The number of carboxylic acids is 2. The minimum Gasteiger partial charge on any atom is -0.481 e. The normalized spacial score (nSPS) is 21.4. The van der Waals surface area contributed by atoms with E-state index in [9.17, 15) is 64.5 Å². The SMILES string of the molecule is C.CCCCO.Nc1ncnc(Cl)c1F.Nc1ncnc(N2CC[C@H](C(=O)O)[C@@H](N3CCC[C@@H](Nc4cc(Cl)cc(C(F)(F)F)c4)C3=O)C2)c1F.O=C(O)[C@H]1CCNC[C@@H]1N1CCC[C@@H](Nc2cc(Cl)cc(C(F)(F)F)c2)C1=O. The van der Waals surface area contributed by atoms with Crippen LogP contribution in [0, 0.1) is 23.5 Å². The van der Waals surface area contributed by atoms with Gasteiger partial charge in [0.05, 0.1) is 35.0 Å². The maximum absolute atomic E-state index is 14.6. The number of unbranched alkanes of at least 4 members (excludes halogenated alkanes) is 1. The van der Waals surface area contributed by atoms with Crippen LogP contribution in [-0.2, 0) is 31.5 Å². The van der Waals surface area contributed by atoms with Crippen LogP contribution in [-0.4, -0.2) is 139 Å². The van der Waals surface area contributed by atoms with Gasteiger partial charge in [0.25, 0.3) is 0 Å². The molecule has 0 unspecified atom stereocenters. The van der Waals surface area contributed by atoms with E-state index in [-0.39, 0.29) is 83.4 Å².